The molecule has 2 heteroatoms. The van der Waals surface area contributed by atoms with E-state index in [4.69, 9.17) is 4.74 Å². The lowest BCUT2D eigenvalue weighted by Crippen LogP contribution is -2.53. The molecule has 4 aliphatic carbocycles. The Kier molecular flexibility index (Phi) is 3.83. The largest absolute Gasteiger partial charge is 0.504 e. The molecule has 4 rings (SSSR count). The zero-order valence-corrected chi connectivity index (χ0v) is 15.2. The Morgan fingerprint density at radius 3 is 2.70 bits per heavy atom. The molecule has 1 N–H and O–H groups in total. The quantitative estimate of drug-likeness (QED) is 0.695. The van der Waals surface area contributed by atoms with Gasteiger partial charge in [0.1, 0.15) is 0 Å². The molecular formula is C21H34O2. The third kappa shape index (κ3) is 2.31. The third-order valence-corrected chi connectivity index (χ3v) is 8.64. The van der Waals surface area contributed by atoms with Gasteiger partial charge in [-0.1, -0.05) is 20.3 Å². The summed E-state index contributed by atoms with van der Waals surface area (Å²) in [5.41, 5.74) is 2.17. The minimum atomic E-state index is -0.273. The molecule has 0 radical (unpaired) electrons. The SMILES string of the molecule is COC=C1C[C@@]2(C)C(CC[C@H]3[C@@H]4CCC[C@@]4(C)CC[C@@H]32)C[C@@H]1O. The van der Waals surface area contributed by atoms with Gasteiger partial charge < -0.3 is 9.84 Å². The molecule has 4 fully saturated rings. The summed E-state index contributed by atoms with van der Waals surface area (Å²) in [7, 11) is 1.71. The van der Waals surface area contributed by atoms with Gasteiger partial charge in [0, 0.05) is 0 Å². The first-order valence-electron chi connectivity index (χ1n) is 9.88. The van der Waals surface area contributed by atoms with Crippen LogP contribution in [-0.2, 0) is 4.74 Å². The Bertz CT molecular complexity index is 498. The standard InChI is InChI=1S/C21H34O2/c1-20-9-4-5-17(20)16-7-6-15-11-19(22)14(13-23-3)12-21(15,2)18(16)8-10-20/h13,15-19,22H,4-12H2,1-3H3/t15?,16-,17-,18-,19-,20-,21-/m0/s1. The highest BCUT2D eigenvalue weighted by Gasteiger charge is 2.58. The van der Waals surface area contributed by atoms with E-state index in [1.807, 2.05) is 6.26 Å². The summed E-state index contributed by atoms with van der Waals surface area (Å²) in [6.45, 7) is 5.12. The van der Waals surface area contributed by atoms with Gasteiger partial charge >= 0.3 is 0 Å². The van der Waals surface area contributed by atoms with E-state index in [-0.39, 0.29) is 6.10 Å². The summed E-state index contributed by atoms with van der Waals surface area (Å²) in [5.74, 6) is 3.49. The molecule has 2 nitrogen and oxygen atoms in total. The summed E-state index contributed by atoms with van der Waals surface area (Å²) >= 11 is 0. The molecule has 0 aromatic rings. The monoisotopic (exact) mass is 318 g/mol. The second-order valence-electron chi connectivity index (χ2n) is 9.60. The van der Waals surface area contributed by atoms with Crippen molar-refractivity contribution in [3.63, 3.8) is 0 Å². The average Bonchev–Trinajstić information content (AvgIpc) is 2.91. The van der Waals surface area contributed by atoms with Gasteiger partial charge in [-0.25, -0.2) is 0 Å². The van der Waals surface area contributed by atoms with Crippen LogP contribution in [0.5, 0.6) is 0 Å². The van der Waals surface area contributed by atoms with Crippen molar-refractivity contribution in [2.24, 2.45) is 34.5 Å². The highest BCUT2D eigenvalue weighted by Crippen LogP contribution is 2.66. The molecule has 0 bridgehead atoms. The maximum Gasteiger partial charge on any atom is 0.0842 e. The molecule has 1 unspecified atom stereocenters. The molecule has 0 aliphatic heterocycles. The van der Waals surface area contributed by atoms with Crippen LogP contribution >= 0.6 is 0 Å². The third-order valence-electron chi connectivity index (χ3n) is 8.64. The summed E-state index contributed by atoms with van der Waals surface area (Å²) in [6, 6.07) is 0. The Morgan fingerprint density at radius 2 is 1.91 bits per heavy atom. The highest BCUT2D eigenvalue weighted by atomic mass is 16.5. The van der Waals surface area contributed by atoms with Gasteiger partial charge in [0.05, 0.1) is 19.5 Å². The van der Waals surface area contributed by atoms with E-state index in [9.17, 15) is 5.11 Å². The lowest BCUT2D eigenvalue weighted by atomic mass is 9.45. The van der Waals surface area contributed by atoms with Gasteiger partial charge in [0.15, 0.2) is 0 Å². The number of hydrogen-bond acceptors (Lipinski definition) is 2. The smallest absolute Gasteiger partial charge is 0.0842 e. The molecule has 0 aromatic heterocycles. The number of aliphatic hydroxyl groups excluding tert-OH is 1. The van der Waals surface area contributed by atoms with Gasteiger partial charge in [-0.15, -0.1) is 0 Å². The average molecular weight is 319 g/mol. The van der Waals surface area contributed by atoms with Crippen LogP contribution in [0.25, 0.3) is 0 Å². The van der Waals surface area contributed by atoms with Crippen LogP contribution in [0, 0.1) is 34.5 Å². The van der Waals surface area contributed by atoms with E-state index in [1.165, 1.54) is 44.9 Å². The normalized spacial score (nSPS) is 54.3. The summed E-state index contributed by atoms with van der Waals surface area (Å²) < 4.78 is 5.28. The van der Waals surface area contributed by atoms with Gasteiger partial charge in [-0.05, 0) is 91.4 Å². The molecule has 0 amide bonds. The van der Waals surface area contributed by atoms with Gasteiger partial charge in [-0.2, -0.15) is 0 Å². The predicted molar refractivity (Wildman–Crippen MR) is 92.8 cm³/mol. The van der Waals surface area contributed by atoms with Crippen LogP contribution in [0.2, 0.25) is 0 Å². The van der Waals surface area contributed by atoms with Crippen molar-refractivity contribution >= 4 is 0 Å². The Morgan fingerprint density at radius 1 is 1.09 bits per heavy atom. The fraction of sp³-hybridized carbons (Fsp3) is 0.905. The van der Waals surface area contributed by atoms with Gasteiger partial charge in [0.25, 0.3) is 0 Å². The van der Waals surface area contributed by atoms with Crippen molar-refractivity contribution in [2.45, 2.75) is 77.7 Å². The Balaban J connectivity index is 1.64. The first-order valence-corrected chi connectivity index (χ1v) is 9.88. The Labute approximate surface area is 141 Å². The van der Waals surface area contributed by atoms with Crippen molar-refractivity contribution in [3.05, 3.63) is 11.8 Å². The van der Waals surface area contributed by atoms with Crippen LogP contribution in [0.3, 0.4) is 0 Å². The fourth-order valence-electron chi connectivity index (χ4n) is 7.44. The second kappa shape index (κ2) is 5.51. The molecule has 0 spiro atoms. The van der Waals surface area contributed by atoms with Crippen molar-refractivity contribution in [1.82, 2.24) is 0 Å². The maximum atomic E-state index is 10.5. The zero-order chi connectivity index (χ0) is 16.2. The lowest BCUT2D eigenvalue weighted by Gasteiger charge is -2.60. The van der Waals surface area contributed by atoms with Gasteiger partial charge in [-0.3, -0.25) is 0 Å². The Hall–Kier alpha value is -0.500. The van der Waals surface area contributed by atoms with Gasteiger partial charge in [0.2, 0.25) is 0 Å². The molecule has 130 valence electrons. The predicted octanol–water partition coefficient (Wildman–Crippen LogP) is 4.92. The molecule has 4 aliphatic rings. The molecule has 0 aromatic carbocycles. The summed E-state index contributed by atoms with van der Waals surface area (Å²) in [5, 5.41) is 10.5. The lowest BCUT2D eigenvalue weighted by molar-refractivity contribution is -0.107. The number of fused-ring (bicyclic) bond motifs is 5. The van der Waals surface area contributed by atoms with E-state index in [0.717, 1.165) is 36.2 Å². The zero-order valence-electron chi connectivity index (χ0n) is 15.2. The van der Waals surface area contributed by atoms with Crippen LogP contribution in [-0.4, -0.2) is 18.3 Å². The summed E-state index contributed by atoms with van der Waals surface area (Å²) in [6.07, 6.45) is 13.6. The van der Waals surface area contributed by atoms with Crippen molar-refractivity contribution in [1.29, 1.82) is 0 Å². The number of aliphatic hydroxyl groups is 1. The van der Waals surface area contributed by atoms with Crippen molar-refractivity contribution in [2.75, 3.05) is 7.11 Å². The molecule has 0 heterocycles. The second-order valence-corrected chi connectivity index (χ2v) is 9.60. The summed E-state index contributed by atoms with van der Waals surface area (Å²) in [4.78, 5) is 0. The number of hydrogen-bond donors (Lipinski definition) is 1. The van der Waals surface area contributed by atoms with E-state index < -0.39 is 0 Å². The maximum absolute atomic E-state index is 10.5. The minimum Gasteiger partial charge on any atom is -0.504 e. The first kappa shape index (κ1) is 16.0. The molecule has 23 heavy (non-hydrogen) atoms. The van der Waals surface area contributed by atoms with Crippen LogP contribution in [0.4, 0.5) is 0 Å². The van der Waals surface area contributed by atoms with E-state index in [1.54, 1.807) is 7.11 Å². The number of ether oxygens (including phenoxy) is 1. The molecule has 4 saturated carbocycles. The van der Waals surface area contributed by atoms with Crippen LogP contribution in [0.1, 0.15) is 71.6 Å². The van der Waals surface area contributed by atoms with E-state index in [2.05, 4.69) is 13.8 Å². The van der Waals surface area contributed by atoms with Crippen LogP contribution < -0.4 is 0 Å². The molecule has 7 atom stereocenters. The van der Waals surface area contributed by atoms with E-state index in [0.29, 0.717) is 16.7 Å². The number of rotatable bonds is 1. The van der Waals surface area contributed by atoms with Crippen molar-refractivity contribution < 1.29 is 9.84 Å². The number of methoxy groups -OCH3 is 1. The topological polar surface area (TPSA) is 29.5 Å². The van der Waals surface area contributed by atoms with E-state index >= 15 is 0 Å². The molecular weight excluding hydrogens is 284 g/mol. The fourth-order valence-corrected chi connectivity index (χ4v) is 7.44. The highest BCUT2D eigenvalue weighted by molar-refractivity contribution is 5.18. The first-order chi connectivity index (χ1) is 11.0. The van der Waals surface area contributed by atoms with Crippen LogP contribution in [0.15, 0.2) is 11.8 Å². The molecule has 0 saturated heterocycles. The minimum absolute atomic E-state index is 0.273. The van der Waals surface area contributed by atoms with Crippen molar-refractivity contribution in [3.8, 4) is 0 Å².